The number of hydrogen-bond acceptors (Lipinski definition) is 2. The second-order valence-corrected chi connectivity index (χ2v) is 4.13. The lowest BCUT2D eigenvalue weighted by Gasteiger charge is -2.31. The van der Waals surface area contributed by atoms with E-state index in [-0.39, 0.29) is 12.1 Å². The molecule has 0 aromatic heterocycles. The standard InChI is InChI=1S/C13H15N3O/c14-10-12-8-4-5-9-16(12)13(17)15-11-6-2-1-3-7-11/h1-3,6-7,12H,4-5,8-9H2,(H,15,17). The lowest BCUT2D eigenvalue weighted by Crippen LogP contribution is -2.45. The van der Waals surface area contributed by atoms with Gasteiger partial charge in [0.25, 0.3) is 0 Å². The summed E-state index contributed by atoms with van der Waals surface area (Å²) in [6.07, 6.45) is 2.77. The molecular weight excluding hydrogens is 214 g/mol. The summed E-state index contributed by atoms with van der Waals surface area (Å²) in [4.78, 5) is 13.6. The van der Waals surface area contributed by atoms with Crippen molar-refractivity contribution in [3.05, 3.63) is 30.3 Å². The third-order valence-electron chi connectivity index (χ3n) is 2.94. The summed E-state index contributed by atoms with van der Waals surface area (Å²) in [5, 5.41) is 11.8. The Balaban J connectivity index is 2.02. The third kappa shape index (κ3) is 2.76. The number of carbonyl (C=O) groups is 1. The zero-order valence-corrected chi connectivity index (χ0v) is 9.60. The molecule has 1 aromatic carbocycles. The molecular formula is C13H15N3O. The van der Waals surface area contributed by atoms with Crippen LogP contribution in [0.1, 0.15) is 19.3 Å². The van der Waals surface area contributed by atoms with E-state index >= 15 is 0 Å². The molecule has 1 unspecified atom stereocenters. The van der Waals surface area contributed by atoms with Crippen molar-refractivity contribution >= 4 is 11.7 Å². The first-order valence-electron chi connectivity index (χ1n) is 5.83. The number of hydrogen-bond donors (Lipinski definition) is 1. The molecule has 1 aromatic rings. The summed E-state index contributed by atoms with van der Waals surface area (Å²) in [6.45, 7) is 0.664. The molecule has 1 aliphatic heterocycles. The number of piperidine rings is 1. The van der Waals surface area contributed by atoms with Crippen LogP contribution in [0.4, 0.5) is 10.5 Å². The third-order valence-corrected chi connectivity index (χ3v) is 2.94. The van der Waals surface area contributed by atoms with E-state index in [1.165, 1.54) is 0 Å². The average molecular weight is 229 g/mol. The average Bonchev–Trinajstić information content (AvgIpc) is 2.40. The predicted octanol–water partition coefficient (Wildman–Crippen LogP) is 2.60. The summed E-state index contributed by atoms with van der Waals surface area (Å²) in [5.41, 5.74) is 0.764. The number of benzene rings is 1. The molecule has 4 heteroatoms. The molecule has 2 amide bonds. The fraction of sp³-hybridized carbons (Fsp3) is 0.385. The van der Waals surface area contributed by atoms with Gasteiger partial charge in [-0.15, -0.1) is 0 Å². The Bertz CT molecular complexity index is 424. The molecule has 0 bridgehead atoms. The molecule has 1 atom stereocenters. The Kier molecular flexibility index (Phi) is 3.61. The monoisotopic (exact) mass is 229 g/mol. The van der Waals surface area contributed by atoms with Gasteiger partial charge in [-0.2, -0.15) is 5.26 Å². The maximum atomic E-state index is 12.0. The zero-order valence-electron chi connectivity index (χ0n) is 9.60. The first kappa shape index (κ1) is 11.5. The number of para-hydroxylation sites is 1. The highest BCUT2D eigenvalue weighted by Gasteiger charge is 2.26. The molecule has 4 nitrogen and oxygen atoms in total. The predicted molar refractivity (Wildman–Crippen MR) is 65.4 cm³/mol. The summed E-state index contributed by atoms with van der Waals surface area (Å²) < 4.78 is 0. The van der Waals surface area contributed by atoms with Gasteiger partial charge < -0.3 is 10.2 Å². The lowest BCUT2D eigenvalue weighted by molar-refractivity contribution is 0.182. The van der Waals surface area contributed by atoms with Gasteiger partial charge in [-0.05, 0) is 31.4 Å². The number of rotatable bonds is 1. The number of likely N-dealkylation sites (tertiary alicyclic amines) is 1. The second kappa shape index (κ2) is 5.35. The molecule has 1 saturated heterocycles. The van der Waals surface area contributed by atoms with Gasteiger partial charge in [0, 0.05) is 12.2 Å². The van der Waals surface area contributed by atoms with Crippen LogP contribution in [-0.2, 0) is 0 Å². The summed E-state index contributed by atoms with van der Waals surface area (Å²) >= 11 is 0. The molecule has 2 rings (SSSR count). The van der Waals surface area contributed by atoms with Crippen LogP contribution in [0.15, 0.2) is 30.3 Å². The van der Waals surface area contributed by atoms with E-state index in [0.717, 1.165) is 24.9 Å². The maximum absolute atomic E-state index is 12.0. The number of urea groups is 1. The summed E-state index contributed by atoms with van der Waals surface area (Å²) in [7, 11) is 0. The van der Waals surface area contributed by atoms with Gasteiger partial charge >= 0.3 is 6.03 Å². The molecule has 0 spiro atoms. The fourth-order valence-corrected chi connectivity index (χ4v) is 2.03. The molecule has 1 aliphatic rings. The van der Waals surface area contributed by atoms with E-state index < -0.39 is 0 Å². The van der Waals surface area contributed by atoms with E-state index in [4.69, 9.17) is 5.26 Å². The van der Waals surface area contributed by atoms with E-state index in [0.29, 0.717) is 6.54 Å². The first-order valence-corrected chi connectivity index (χ1v) is 5.83. The SMILES string of the molecule is N#CC1CCCCN1C(=O)Nc1ccccc1. The number of nitrogens with zero attached hydrogens (tertiary/aromatic N) is 2. The maximum Gasteiger partial charge on any atom is 0.322 e. The Hall–Kier alpha value is -2.02. The molecule has 0 aliphatic carbocycles. The quantitative estimate of drug-likeness (QED) is 0.804. The van der Waals surface area contributed by atoms with Gasteiger partial charge in [0.2, 0.25) is 0 Å². The number of carbonyl (C=O) groups excluding carboxylic acids is 1. The van der Waals surface area contributed by atoms with Gasteiger partial charge in [0.1, 0.15) is 6.04 Å². The van der Waals surface area contributed by atoms with Crippen molar-refractivity contribution in [1.82, 2.24) is 4.90 Å². The molecule has 88 valence electrons. The van der Waals surface area contributed by atoms with Crippen LogP contribution in [0.5, 0.6) is 0 Å². The summed E-state index contributed by atoms with van der Waals surface area (Å²) in [5.74, 6) is 0. The molecule has 1 N–H and O–H groups in total. The van der Waals surface area contributed by atoms with Crippen LogP contribution < -0.4 is 5.32 Å². The molecule has 0 radical (unpaired) electrons. The first-order chi connectivity index (χ1) is 8.31. The van der Waals surface area contributed by atoms with Crippen molar-refractivity contribution in [2.24, 2.45) is 0 Å². The smallest absolute Gasteiger partial charge is 0.309 e. The molecule has 1 fully saturated rings. The largest absolute Gasteiger partial charge is 0.322 e. The topological polar surface area (TPSA) is 56.1 Å². The van der Waals surface area contributed by atoms with Crippen LogP contribution in [0, 0.1) is 11.3 Å². The van der Waals surface area contributed by atoms with Gasteiger partial charge in [-0.25, -0.2) is 4.79 Å². The Morgan fingerprint density at radius 2 is 2.12 bits per heavy atom. The highest BCUT2D eigenvalue weighted by Crippen LogP contribution is 2.17. The normalized spacial score (nSPS) is 19.5. The van der Waals surface area contributed by atoms with E-state index in [2.05, 4.69) is 11.4 Å². The van der Waals surface area contributed by atoms with Crippen LogP contribution in [0.2, 0.25) is 0 Å². The fourth-order valence-electron chi connectivity index (χ4n) is 2.03. The summed E-state index contributed by atoms with van der Waals surface area (Å²) in [6, 6.07) is 11.0. The Morgan fingerprint density at radius 1 is 1.35 bits per heavy atom. The van der Waals surface area contributed by atoms with E-state index in [1.54, 1.807) is 4.90 Å². The number of anilines is 1. The van der Waals surface area contributed by atoms with Gasteiger partial charge in [-0.1, -0.05) is 18.2 Å². The van der Waals surface area contributed by atoms with Crippen LogP contribution >= 0.6 is 0 Å². The number of nitriles is 1. The van der Waals surface area contributed by atoms with E-state index in [1.807, 2.05) is 30.3 Å². The van der Waals surface area contributed by atoms with Gasteiger partial charge in [0.05, 0.1) is 6.07 Å². The highest BCUT2D eigenvalue weighted by molar-refractivity contribution is 5.89. The van der Waals surface area contributed by atoms with Crippen molar-refractivity contribution in [2.45, 2.75) is 25.3 Å². The van der Waals surface area contributed by atoms with Crippen molar-refractivity contribution < 1.29 is 4.79 Å². The van der Waals surface area contributed by atoms with Gasteiger partial charge in [0.15, 0.2) is 0 Å². The highest BCUT2D eigenvalue weighted by atomic mass is 16.2. The minimum absolute atomic E-state index is 0.178. The number of nitrogens with one attached hydrogen (secondary N) is 1. The van der Waals surface area contributed by atoms with Crippen LogP contribution in [0.25, 0.3) is 0 Å². The van der Waals surface area contributed by atoms with Crippen molar-refractivity contribution in [3.63, 3.8) is 0 Å². The Labute approximate surface area is 101 Å². The molecule has 0 saturated carbocycles. The zero-order chi connectivity index (χ0) is 12.1. The Morgan fingerprint density at radius 3 is 2.82 bits per heavy atom. The van der Waals surface area contributed by atoms with Crippen molar-refractivity contribution in [1.29, 1.82) is 5.26 Å². The van der Waals surface area contributed by atoms with Gasteiger partial charge in [-0.3, -0.25) is 0 Å². The minimum Gasteiger partial charge on any atom is -0.309 e. The van der Waals surface area contributed by atoms with Crippen molar-refractivity contribution in [3.8, 4) is 6.07 Å². The molecule has 1 heterocycles. The van der Waals surface area contributed by atoms with E-state index in [9.17, 15) is 4.79 Å². The van der Waals surface area contributed by atoms with Crippen LogP contribution in [0.3, 0.4) is 0 Å². The second-order valence-electron chi connectivity index (χ2n) is 4.13. The molecule has 17 heavy (non-hydrogen) atoms. The minimum atomic E-state index is -0.285. The lowest BCUT2D eigenvalue weighted by atomic mass is 10.0. The van der Waals surface area contributed by atoms with Crippen LogP contribution in [-0.4, -0.2) is 23.5 Å². The van der Waals surface area contributed by atoms with Crippen molar-refractivity contribution in [2.75, 3.05) is 11.9 Å². The number of amides is 2.